The zero-order valence-corrected chi connectivity index (χ0v) is 12.3. The number of nitrogens with one attached hydrogen (secondary N) is 1. The Morgan fingerprint density at radius 1 is 1.24 bits per heavy atom. The molecule has 0 unspecified atom stereocenters. The SMILES string of the molecule is CN1CCN(NS(=O)(=O)c2ccc(F)c(CO)c2F)CC1. The topological polar surface area (TPSA) is 72.9 Å². The Kier molecular flexibility index (Phi) is 4.89. The van der Waals surface area contributed by atoms with Gasteiger partial charge in [-0.05, 0) is 19.2 Å². The molecule has 0 radical (unpaired) electrons. The van der Waals surface area contributed by atoms with E-state index in [4.69, 9.17) is 5.11 Å². The lowest BCUT2D eigenvalue weighted by Gasteiger charge is -2.32. The van der Waals surface area contributed by atoms with Crippen LogP contribution in [0.3, 0.4) is 0 Å². The summed E-state index contributed by atoms with van der Waals surface area (Å²) < 4.78 is 51.6. The predicted octanol–water partition coefficient (Wildman–Crippen LogP) is -0.102. The molecule has 0 aliphatic carbocycles. The fourth-order valence-electron chi connectivity index (χ4n) is 2.05. The molecule has 2 N–H and O–H groups in total. The van der Waals surface area contributed by atoms with Crippen LogP contribution in [0, 0.1) is 11.6 Å². The Labute approximate surface area is 122 Å². The molecule has 6 nitrogen and oxygen atoms in total. The number of rotatable bonds is 4. The Morgan fingerprint density at radius 3 is 2.43 bits per heavy atom. The molecule has 1 fully saturated rings. The maximum absolute atomic E-state index is 14.0. The summed E-state index contributed by atoms with van der Waals surface area (Å²) in [6.07, 6.45) is 0. The fraction of sp³-hybridized carbons (Fsp3) is 0.500. The molecule has 118 valence electrons. The standard InChI is InChI=1S/C12H17F2N3O3S/c1-16-4-6-17(7-5-16)15-21(19,20)11-3-2-10(13)9(8-18)12(11)14/h2-3,15,18H,4-8H2,1H3. The number of aliphatic hydroxyl groups excluding tert-OH is 1. The minimum atomic E-state index is -4.15. The highest BCUT2D eigenvalue weighted by Gasteiger charge is 2.26. The van der Waals surface area contributed by atoms with Crippen molar-refractivity contribution in [3.05, 3.63) is 29.3 Å². The van der Waals surface area contributed by atoms with Crippen molar-refractivity contribution in [3.8, 4) is 0 Å². The molecule has 1 aromatic rings. The van der Waals surface area contributed by atoms with Gasteiger partial charge in [-0.25, -0.2) is 22.2 Å². The first-order valence-electron chi connectivity index (χ1n) is 6.39. The second-order valence-corrected chi connectivity index (χ2v) is 6.51. The summed E-state index contributed by atoms with van der Waals surface area (Å²) in [7, 11) is -2.24. The number of piperazine rings is 1. The van der Waals surface area contributed by atoms with Crippen molar-refractivity contribution in [1.29, 1.82) is 0 Å². The first-order valence-corrected chi connectivity index (χ1v) is 7.87. The van der Waals surface area contributed by atoms with E-state index >= 15 is 0 Å². The summed E-state index contributed by atoms with van der Waals surface area (Å²) in [5.41, 5.74) is -0.656. The summed E-state index contributed by atoms with van der Waals surface area (Å²) in [6.45, 7) is 1.37. The van der Waals surface area contributed by atoms with Gasteiger partial charge in [-0.15, -0.1) is 4.83 Å². The molecule has 2 rings (SSSR count). The van der Waals surface area contributed by atoms with Gasteiger partial charge >= 0.3 is 0 Å². The van der Waals surface area contributed by atoms with E-state index in [1.54, 1.807) is 0 Å². The maximum Gasteiger partial charge on any atom is 0.256 e. The lowest BCUT2D eigenvalue weighted by Crippen LogP contribution is -2.52. The van der Waals surface area contributed by atoms with Crippen molar-refractivity contribution in [2.24, 2.45) is 0 Å². The smallest absolute Gasteiger partial charge is 0.256 e. The third kappa shape index (κ3) is 3.55. The largest absolute Gasteiger partial charge is 0.391 e. The quantitative estimate of drug-likeness (QED) is 0.810. The van der Waals surface area contributed by atoms with Crippen molar-refractivity contribution in [3.63, 3.8) is 0 Å². The molecule has 0 aromatic heterocycles. The van der Waals surface area contributed by atoms with Gasteiger partial charge in [-0.3, -0.25) is 0 Å². The summed E-state index contributed by atoms with van der Waals surface area (Å²) in [5, 5.41) is 10.4. The van der Waals surface area contributed by atoms with E-state index in [9.17, 15) is 17.2 Å². The Hall–Kier alpha value is -1.13. The van der Waals surface area contributed by atoms with E-state index in [1.807, 2.05) is 11.9 Å². The van der Waals surface area contributed by atoms with Gasteiger partial charge in [-0.1, -0.05) is 0 Å². The van der Waals surface area contributed by atoms with Crippen LogP contribution in [0.4, 0.5) is 8.78 Å². The van der Waals surface area contributed by atoms with Crippen molar-refractivity contribution in [1.82, 2.24) is 14.7 Å². The van der Waals surface area contributed by atoms with Gasteiger partial charge in [0.1, 0.15) is 10.7 Å². The van der Waals surface area contributed by atoms with Gasteiger partial charge in [0.05, 0.1) is 12.2 Å². The number of benzene rings is 1. The van der Waals surface area contributed by atoms with E-state index in [1.165, 1.54) is 5.01 Å². The van der Waals surface area contributed by atoms with E-state index in [2.05, 4.69) is 4.83 Å². The molecule has 0 spiro atoms. The van der Waals surface area contributed by atoms with Gasteiger partial charge in [0, 0.05) is 26.2 Å². The average molecular weight is 321 g/mol. The van der Waals surface area contributed by atoms with Gasteiger partial charge in [0.2, 0.25) is 0 Å². The molecular weight excluding hydrogens is 304 g/mol. The zero-order chi connectivity index (χ0) is 15.6. The van der Waals surface area contributed by atoms with Crippen molar-refractivity contribution >= 4 is 10.0 Å². The van der Waals surface area contributed by atoms with Crippen molar-refractivity contribution in [2.75, 3.05) is 33.2 Å². The number of nitrogens with zero attached hydrogens (tertiary/aromatic N) is 2. The highest BCUT2D eigenvalue weighted by Crippen LogP contribution is 2.21. The number of sulfonamides is 1. The van der Waals surface area contributed by atoms with Gasteiger partial charge in [0.25, 0.3) is 10.0 Å². The van der Waals surface area contributed by atoms with E-state index in [0.29, 0.717) is 26.2 Å². The lowest BCUT2D eigenvalue weighted by molar-refractivity contribution is 0.134. The maximum atomic E-state index is 14.0. The van der Waals surface area contributed by atoms with E-state index in [-0.39, 0.29) is 0 Å². The van der Waals surface area contributed by atoms with E-state index in [0.717, 1.165) is 12.1 Å². The molecule has 1 aliphatic heterocycles. The molecule has 0 atom stereocenters. The molecule has 1 heterocycles. The molecular formula is C12H17F2N3O3S. The van der Waals surface area contributed by atoms with Crippen LogP contribution in [0.2, 0.25) is 0 Å². The molecule has 9 heteroatoms. The fourth-order valence-corrected chi connectivity index (χ4v) is 3.27. The number of halogens is 2. The molecule has 0 amide bonds. The van der Waals surface area contributed by atoms with Crippen LogP contribution < -0.4 is 4.83 Å². The Bertz CT molecular complexity index is 616. The van der Waals surface area contributed by atoms with Crippen molar-refractivity contribution in [2.45, 2.75) is 11.5 Å². The average Bonchev–Trinajstić information content (AvgIpc) is 2.41. The summed E-state index contributed by atoms with van der Waals surface area (Å²) in [6, 6.07) is 1.68. The van der Waals surface area contributed by atoms with Crippen LogP contribution in [-0.4, -0.2) is 56.7 Å². The lowest BCUT2D eigenvalue weighted by atomic mass is 10.2. The van der Waals surface area contributed by atoms with Crippen LogP contribution in [-0.2, 0) is 16.6 Å². The molecule has 0 bridgehead atoms. The third-order valence-electron chi connectivity index (χ3n) is 3.35. The first kappa shape index (κ1) is 16.2. The summed E-state index contributed by atoms with van der Waals surface area (Å²) in [4.78, 5) is 3.64. The van der Waals surface area contributed by atoms with Gasteiger partial charge in [0.15, 0.2) is 5.82 Å². The Balaban J connectivity index is 2.24. The molecule has 1 aliphatic rings. The van der Waals surface area contributed by atoms with Crippen molar-refractivity contribution < 1.29 is 22.3 Å². The summed E-state index contributed by atoms with van der Waals surface area (Å²) in [5.74, 6) is -2.24. The zero-order valence-electron chi connectivity index (χ0n) is 11.5. The second kappa shape index (κ2) is 6.32. The number of hydrogen-bond acceptors (Lipinski definition) is 5. The number of likely N-dealkylation sites (N-methyl/N-ethyl adjacent to an activating group) is 1. The van der Waals surface area contributed by atoms with Crippen LogP contribution in [0.15, 0.2) is 17.0 Å². The number of hydrogen-bond donors (Lipinski definition) is 2. The molecule has 0 saturated carbocycles. The minimum Gasteiger partial charge on any atom is -0.391 e. The van der Waals surface area contributed by atoms with Gasteiger partial charge in [-0.2, -0.15) is 0 Å². The molecule has 1 aromatic carbocycles. The van der Waals surface area contributed by atoms with Crippen LogP contribution in [0.25, 0.3) is 0 Å². The van der Waals surface area contributed by atoms with Crippen LogP contribution >= 0.6 is 0 Å². The normalized spacial score (nSPS) is 18.1. The molecule has 21 heavy (non-hydrogen) atoms. The van der Waals surface area contributed by atoms with Crippen LogP contribution in [0.1, 0.15) is 5.56 Å². The minimum absolute atomic E-state index is 0.464. The number of aliphatic hydroxyl groups is 1. The number of hydrazine groups is 1. The second-order valence-electron chi connectivity index (χ2n) is 4.88. The molecule has 1 saturated heterocycles. The highest BCUT2D eigenvalue weighted by molar-refractivity contribution is 7.89. The Morgan fingerprint density at radius 2 is 1.86 bits per heavy atom. The van der Waals surface area contributed by atoms with Gasteiger partial charge < -0.3 is 10.0 Å². The van der Waals surface area contributed by atoms with Crippen LogP contribution in [0.5, 0.6) is 0 Å². The monoisotopic (exact) mass is 321 g/mol. The van der Waals surface area contributed by atoms with E-state index < -0.39 is 38.7 Å². The predicted molar refractivity (Wildman–Crippen MR) is 71.7 cm³/mol. The first-order chi connectivity index (χ1) is 9.85. The summed E-state index contributed by atoms with van der Waals surface area (Å²) >= 11 is 0. The third-order valence-corrected chi connectivity index (χ3v) is 4.74. The highest BCUT2D eigenvalue weighted by atomic mass is 32.2.